The summed E-state index contributed by atoms with van der Waals surface area (Å²) in [6.07, 6.45) is 2.92. The van der Waals surface area contributed by atoms with Crippen LogP contribution < -0.4 is 4.74 Å². The second-order valence-corrected chi connectivity index (χ2v) is 4.83. The summed E-state index contributed by atoms with van der Waals surface area (Å²) in [6.45, 7) is 3.74. The van der Waals surface area contributed by atoms with Gasteiger partial charge in [0.2, 0.25) is 0 Å². The number of hydrogen-bond acceptors (Lipinski definition) is 3. The number of aryl methyl sites for hydroxylation is 1. The first-order valence-electron chi connectivity index (χ1n) is 6.47. The molecule has 0 saturated heterocycles. The molecule has 1 radical (unpaired) electrons. The van der Waals surface area contributed by atoms with Crippen LogP contribution in [-0.4, -0.2) is 42.3 Å². The Labute approximate surface area is 114 Å². The summed E-state index contributed by atoms with van der Waals surface area (Å²) in [5.74, 6) is 0.795. The van der Waals surface area contributed by atoms with E-state index in [-0.39, 0.29) is 0 Å². The second kappa shape index (κ2) is 6.38. The van der Waals surface area contributed by atoms with Gasteiger partial charge in [0.05, 0.1) is 12.3 Å². The largest absolute Gasteiger partial charge is 0.493 e. The van der Waals surface area contributed by atoms with Gasteiger partial charge in [0.1, 0.15) is 5.75 Å². The molecule has 0 aliphatic carbocycles. The van der Waals surface area contributed by atoms with Crippen molar-refractivity contribution in [3.05, 3.63) is 36.2 Å². The van der Waals surface area contributed by atoms with Gasteiger partial charge in [0, 0.05) is 24.4 Å². The normalized spacial score (nSPS) is 10.9. The first kappa shape index (κ1) is 13.6. The van der Waals surface area contributed by atoms with E-state index in [1.54, 1.807) is 0 Å². The molecule has 4 nitrogen and oxygen atoms in total. The number of H-pyrrole nitrogens is 1. The third-order valence-electron chi connectivity index (χ3n) is 2.93. The third-order valence-corrected chi connectivity index (χ3v) is 2.93. The SMILES string of the molecule is Cc1n[nH]cc1-c1c[c]c(OCCCN(C)C)cc1. The van der Waals surface area contributed by atoms with Crippen molar-refractivity contribution in [2.45, 2.75) is 13.3 Å². The fourth-order valence-electron chi connectivity index (χ4n) is 1.88. The highest BCUT2D eigenvalue weighted by Crippen LogP contribution is 2.23. The molecule has 1 aromatic carbocycles. The van der Waals surface area contributed by atoms with Crippen LogP contribution in [-0.2, 0) is 0 Å². The molecule has 4 heteroatoms. The maximum atomic E-state index is 5.65. The molecule has 0 bridgehead atoms. The number of nitrogens with one attached hydrogen (secondary N) is 1. The highest BCUT2D eigenvalue weighted by atomic mass is 16.5. The van der Waals surface area contributed by atoms with Gasteiger partial charge in [-0.2, -0.15) is 5.10 Å². The number of hydrogen-bond donors (Lipinski definition) is 1. The molecule has 2 aromatic rings. The predicted molar refractivity (Wildman–Crippen MR) is 76.3 cm³/mol. The lowest BCUT2D eigenvalue weighted by Crippen LogP contribution is -2.15. The van der Waals surface area contributed by atoms with E-state index >= 15 is 0 Å². The Morgan fingerprint density at radius 2 is 2.21 bits per heavy atom. The predicted octanol–water partition coefficient (Wildman–Crippen LogP) is 2.52. The molecule has 1 N–H and O–H groups in total. The maximum absolute atomic E-state index is 5.65. The molecule has 0 unspecified atom stereocenters. The fourth-order valence-corrected chi connectivity index (χ4v) is 1.88. The molecule has 0 atom stereocenters. The van der Waals surface area contributed by atoms with Gasteiger partial charge < -0.3 is 9.64 Å². The van der Waals surface area contributed by atoms with Crippen molar-refractivity contribution in [2.75, 3.05) is 27.2 Å². The Hall–Kier alpha value is -1.81. The van der Waals surface area contributed by atoms with E-state index in [1.165, 1.54) is 0 Å². The molecule has 19 heavy (non-hydrogen) atoms. The molecule has 2 rings (SSSR count). The second-order valence-electron chi connectivity index (χ2n) is 4.83. The zero-order valence-electron chi connectivity index (χ0n) is 11.7. The van der Waals surface area contributed by atoms with Gasteiger partial charge in [-0.05, 0) is 45.1 Å². The smallest absolute Gasteiger partial charge is 0.127 e. The molecule has 0 spiro atoms. The van der Waals surface area contributed by atoms with E-state index in [0.29, 0.717) is 0 Å². The molecule has 0 amide bonds. The Balaban J connectivity index is 1.90. The molecule has 0 saturated carbocycles. The van der Waals surface area contributed by atoms with Crippen LogP contribution in [0.2, 0.25) is 0 Å². The Morgan fingerprint density at radius 1 is 1.37 bits per heavy atom. The van der Waals surface area contributed by atoms with Crippen molar-refractivity contribution >= 4 is 0 Å². The van der Waals surface area contributed by atoms with Crippen molar-refractivity contribution in [1.29, 1.82) is 0 Å². The summed E-state index contributed by atoms with van der Waals surface area (Å²) in [5.41, 5.74) is 3.20. The zero-order valence-corrected chi connectivity index (χ0v) is 11.7. The monoisotopic (exact) mass is 258 g/mol. The summed E-state index contributed by atoms with van der Waals surface area (Å²) in [4.78, 5) is 2.15. The average Bonchev–Trinajstić information content (AvgIpc) is 2.81. The lowest BCUT2D eigenvalue weighted by atomic mass is 10.1. The zero-order chi connectivity index (χ0) is 13.7. The quantitative estimate of drug-likeness (QED) is 0.809. The molecule has 101 valence electrons. The Morgan fingerprint density at radius 3 is 2.79 bits per heavy atom. The molecular formula is C15H20N3O. The van der Waals surface area contributed by atoms with E-state index in [1.807, 2.05) is 31.3 Å². The van der Waals surface area contributed by atoms with Gasteiger partial charge in [-0.25, -0.2) is 0 Å². The van der Waals surface area contributed by atoms with E-state index in [0.717, 1.165) is 42.1 Å². The summed E-state index contributed by atoms with van der Waals surface area (Å²) in [6, 6.07) is 9.10. The summed E-state index contributed by atoms with van der Waals surface area (Å²) in [5, 5.41) is 6.98. The van der Waals surface area contributed by atoms with Gasteiger partial charge in [-0.15, -0.1) is 0 Å². The van der Waals surface area contributed by atoms with Crippen LogP contribution in [0, 0.1) is 13.0 Å². The van der Waals surface area contributed by atoms with Crippen molar-refractivity contribution in [2.24, 2.45) is 0 Å². The van der Waals surface area contributed by atoms with Gasteiger partial charge in [0.15, 0.2) is 0 Å². The Bertz CT molecular complexity index is 502. The highest BCUT2D eigenvalue weighted by molar-refractivity contribution is 5.65. The van der Waals surface area contributed by atoms with Crippen LogP contribution in [0.15, 0.2) is 24.4 Å². The minimum atomic E-state index is 0.721. The molecule has 0 aliphatic rings. The first-order chi connectivity index (χ1) is 9.16. The van der Waals surface area contributed by atoms with Gasteiger partial charge >= 0.3 is 0 Å². The Kier molecular flexibility index (Phi) is 4.58. The standard InChI is InChI=1S/C15H20N3O/c1-12-15(11-16-17-12)13-5-7-14(8-6-13)19-10-4-9-18(2)3/h5-7,11H,4,9-10H2,1-3H3,(H,16,17). The number of aromatic nitrogens is 2. The number of benzene rings is 1. The average molecular weight is 258 g/mol. The van der Waals surface area contributed by atoms with Crippen LogP contribution in [0.3, 0.4) is 0 Å². The van der Waals surface area contributed by atoms with Crippen molar-refractivity contribution in [3.8, 4) is 16.9 Å². The molecule has 0 aliphatic heterocycles. The topological polar surface area (TPSA) is 41.1 Å². The van der Waals surface area contributed by atoms with Crippen LogP contribution in [0.4, 0.5) is 0 Å². The first-order valence-corrected chi connectivity index (χ1v) is 6.47. The van der Waals surface area contributed by atoms with Crippen LogP contribution in [0.5, 0.6) is 5.75 Å². The van der Waals surface area contributed by atoms with Gasteiger partial charge in [0.25, 0.3) is 0 Å². The van der Waals surface area contributed by atoms with Crippen LogP contribution in [0.1, 0.15) is 12.1 Å². The fraction of sp³-hybridized carbons (Fsp3) is 0.400. The van der Waals surface area contributed by atoms with Gasteiger partial charge in [-0.3, -0.25) is 5.10 Å². The number of aromatic amines is 1. The van der Waals surface area contributed by atoms with Gasteiger partial charge in [-0.1, -0.05) is 6.07 Å². The highest BCUT2D eigenvalue weighted by Gasteiger charge is 2.04. The molecule has 1 aromatic heterocycles. The minimum absolute atomic E-state index is 0.721. The van der Waals surface area contributed by atoms with E-state index in [9.17, 15) is 0 Å². The summed E-state index contributed by atoms with van der Waals surface area (Å²) >= 11 is 0. The van der Waals surface area contributed by atoms with Crippen LogP contribution in [0.25, 0.3) is 11.1 Å². The van der Waals surface area contributed by atoms with Crippen LogP contribution >= 0.6 is 0 Å². The summed E-state index contributed by atoms with van der Waals surface area (Å²) < 4.78 is 5.65. The van der Waals surface area contributed by atoms with E-state index in [2.05, 4.69) is 35.3 Å². The number of ether oxygens (including phenoxy) is 1. The van der Waals surface area contributed by atoms with Crippen molar-refractivity contribution in [1.82, 2.24) is 15.1 Å². The van der Waals surface area contributed by atoms with E-state index in [4.69, 9.17) is 4.74 Å². The number of rotatable bonds is 6. The van der Waals surface area contributed by atoms with Crippen molar-refractivity contribution in [3.63, 3.8) is 0 Å². The maximum Gasteiger partial charge on any atom is 0.127 e. The molecular weight excluding hydrogens is 238 g/mol. The lowest BCUT2D eigenvalue weighted by Gasteiger charge is -2.10. The summed E-state index contributed by atoms with van der Waals surface area (Å²) in [7, 11) is 4.13. The van der Waals surface area contributed by atoms with E-state index < -0.39 is 0 Å². The van der Waals surface area contributed by atoms with Crippen molar-refractivity contribution < 1.29 is 4.74 Å². The number of nitrogens with zero attached hydrogens (tertiary/aromatic N) is 2. The molecule has 1 heterocycles. The molecule has 0 fully saturated rings. The minimum Gasteiger partial charge on any atom is -0.493 e. The lowest BCUT2D eigenvalue weighted by molar-refractivity contribution is 0.281. The third kappa shape index (κ3) is 3.83.